The summed E-state index contributed by atoms with van der Waals surface area (Å²) in [6.45, 7) is 12.9. The van der Waals surface area contributed by atoms with Crippen LogP contribution in [0.3, 0.4) is 0 Å². The van der Waals surface area contributed by atoms with E-state index in [1.807, 2.05) is 0 Å². The Balaban J connectivity index is 0.000000242. The van der Waals surface area contributed by atoms with E-state index in [1.54, 1.807) is 0 Å². The van der Waals surface area contributed by atoms with Crippen LogP contribution in [0.4, 0.5) is 25.2 Å². The molecule has 61 heavy (non-hydrogen) atoms. The van der Waals surface area contributed by atoms with Crippen molar-refractivity contribution < 1.29 is 49.9 Å². The Bertz CT molecular complexity index is 2060. The molecule has 0 atom stereocenters. The first kappa shape index (κ1) is 51.2. The van der Waals surface area contributed by atoms with Gasteiger partial charge in [-0.1, -0.05) is 159 Å². The SMILES string of the molecule is C1=C\CC/C=C\CC/1.Cc1cc(C)c(-n2[c-][n+](-c3c(C)cc(C)cc3C)cc2)c(C)c1.F[P-](F)(F)(F)(F)F.[Ir].c1ccc(CP(Cc2ccccc2)Cc2ccccc2)cc1. The summed E-state index contributed by atoms with van der Waals surface area (Å²) in [5.41, 5.74) is 14.5. The predicted octanol–water partition coefficient (Wildman–Crippen LogP) is 16.5. The van der Waals surface area contributed by atoms with E-state index < -0.39 is 7.81 Å². The Kier molecular flexibility index (Phi) is 19.2. The van der Waals surface area contributed by atoms with Gasteiger partial charge in [0.15, 0.2) is 0 Å². The van der Waals surface area contributed by atoms with Crippen molar-refractivity contribution in [3.63, 3.8) is 0 Å². The fourth-order valence-corrected chi connectivity index (χ4v) is 9.74. The Morgan fingerprint density at radius 3 is 1.16 bits per heavy atom. The maximum absolute atomic E-state index is 10.7. The minimum Gasteiger partial charge on any atom is -0.0932 e. The van der Waals surface area contributed by atoms with Gasteiger partial charge in [0.2, 0.25) is 0 Å². The van der Waals surface area contributed by atoms with Gasteiger partial charge in [-0.25, -0.2) is 0 Å². The predicted molar refractivity (Wildman–Crippen MR) is 242 cm³/mol. The van der Waals surface area contributed by atoms with Crippen LogP contribution in [0.5, 0.6) is 0 Å². The molecule has 0 aliphatic heterocycles. The van der Waals surface area contributed by atoms with Gasteiger partial charge in [0.1, 0.15) is 0 Å². The molecular weight excluding hydrogens is 997 g/mol. The fourth-order valence-electron chi connectivity index (χ4n) is 7.22. The second-order valence-corrected chi connectivity index (χ2v) is 19.5. The summed E-state index contributed by atoms with van der Waals surface area (Å²) in [4.78, 5) is 0. The number of rotatable bonds is 8. The van der Waals surface area contributed by atoms with E-state index in [2.05, 4.69) is 209 Å². The Labute approximate surface area is 373 Å². The van der Waals surface area contributed by atoms with Crippen LogP contribution < -0.4 is 4.57 Å². The quantitative estimate of drug-likeness (QED) is 0.0472. The Morgan fingerprint density at radius 1 is 0.525 bits per heavy atom. The summed E-state index contributed by atoms with van der Waals surface area (Å²) in [6.07, 6.45) is 25.2. The minimum absolute atomic E-state index is 0. The normalized spacial score (nSPS) is 14.4. The first-order chi connectivity index (χ1) is 28.2. The van der Waals surface area contributed by atoms with Gasteiger partial charge >= 0.3 is 33.0 Å². The molecule has 0 saturated carbocycles. The fraction of sp³-hybridized carbons (Fsp3) is 0.260. The number of nitrogens with zero attached hydrogens (tertiary/aromatic N) is 2. The van der Waals surface area contributed by atoms with Crippen LogP contribution in [-0.2, 0) is 38.6 Å². The maximum Gasteiger partial charge on any atom is 0 e. The summed E-state index contributed by atoms with van der Waals surface area (Å²) in [5.74, 6) is 0. The molecule has 0 saturated heterocycles. The summed E-state index contributed by atoms with van der Waals surface area (Å²) >= 11 is 0. The summed E-state index contributed by atoms with van der Waals surface area (Å²) in [7, 11) is -10.7. The van der Waals surface area contributed by atoms with Gasteiger partial charge in [-0.05, 0) is 125 Å². The van der Waals surface area contributed by atoms with Crippen LogP contribution in [-0.4, -0.2) is 4.57 Å². The molecule has 1 aliphatic rings. The molecule has 7 rings (SSSR count). The smallest absolute Gasteiger partial charge is 0 e. The van der Waals surface area contributed by atoms with E-state index in [0.29, 0.717) is 0 Å². The number of hydrogen-bond donors (Lipinski definition) is 0. The van der Waals surface area contributed by atoms with Crippen molar-refractivity contribution in [3.05, 3.63) is 208 Å². The van der Waals surface area contributed by atoms with Crippen LogP contribution in [0.1, 0.15) is 75.8 Å². The second kappa shape index (κ2) is 22.8. The van der Waals surface area contributed by atoms with Gasteiger partial charge in [0.05, 0.1) is 11.4 Å². The van der Waals surface area contributed by atoms with Gasteiger partial charge in [-0.3, -0.25) is 9.13 Å². The van der Waals surface area contributed by atoms with Crippen molar-refractivity contribution in [1.82, 2.24) is 4.57 Å². The molecule has 0 bridgehead atoms. The number of allylic oxidation sites excluding steroid dienone is 4. The van der Waals surface area contributed by atoms with E-state index in [0.717, 1.165) is 0 Å². The number of hydrogen-bond acceptors (Lipinski definition) is 0. The topological polar surface area (TPSA) is 8.81 Å². The van der Waals surface area contributed by atoms with Gasteiger partial charge in [0.25, 0.3) is 6.33 Å². The zero-order chi connectivity index (χ0) is 43.8. The summed E-state index contributed by atoms with van der Waals surface area (Å²) < 4.78 is 63.4. The first-order valence-corrected chi connectivity index (χ1v) is 24.0. The van der Waals surface area contributed by atoms with Crippen molar-refractivity contribution in [2.75, 3.05) is 0 Å². The van der Waals surface area contributed by atoms with Gasteiger partial charge in [-0.15, -0.1) is 0 Å². The molecule has 11 heteroatoms. The van der Waals surface area contributed by atoms with E-state index >= 15 is 0 Å². The van der Waals surface area contributed by atoms with Crippen molar-refractivity contribution in [2.24, 2.45) is 0 Å². The van der Waals surface area contributed by atoms with Gasteiger partial charge in [0, 0.05) is 32.5 Å². The average Bonchev–Trinajstić information content (AvgIpc) is 3.60. The van der Waals surface area contributed by atoms with Crippen LogP contribution in [0, 0.1) is 47.9 Å². The third-order valence-corrected chi connectivity index (χ3v) is 11.9. The number of imidazole rings is 1. The monoisotopic (exact) mass is 1050 g/mol. The average molecular weight is 1050 g/mol. The van der Waals surface area contributed by atoms with E-state index in [9.17, 15) is 25.2 Å². The van der Waals surface area contributed by atoms with Gasteiger partial charge in [-0.2, -0.15) is 0 Å². The number of aryl methyl sites for hydroxylation is 6. The molecule has 0 amide bonds. The van der Waals surface area contributed by atoms with Crippen LogP contribution in [0.2, 0.25) is 0 Å². The molecule has 329 valence electrons. The van der Waals surface area contributed by atoms with E-state index in [4.69, 9.17) is 0 Å². The maximum atomic E-state index is 9.87. The van der Waals surface area contributed by atoms with Crippen molar-refractivity contribution in [1.29, 1.82) is 0 Å². The molecule has 0 N–H and O–H groups in total. The first-order valence-electron chi connectivity index (χ1n) is 20.1. The molecular formula is C50H57F6IrN2P2-. The van der Waals surface area contributed by atoms with Crippen molar-refractivity contribution >= 4 is 15.7 Å². The summed E-state index contributed by atoms with van der Waals surface area (Å²) in [6, 6.07) is 41.6. The third kappa shape index (κ3) is 20.5. The molecule has 6 aromatic rings. The molecule has 0 fully saturated rings. The molecule has 2 nitrogen and oxygen atoms in total. The molecule has 1 aromatic heterocycles. The number of aromatic nitrogens is 2. The molecule has 0 unspecified atom stereocenters. The van der Waals surface area contributed by atoms with Gasteiger partial charge < -0.3 is 0 Å². The standard InChI is InChI=1S/C21H24N2.C21H21P.C8H12.F6P.Ir/c1-14-9-16(3)20(17(4)10-14)22-7-8-23(13-22)21-18(5)11-15(2)12-19(21)6;1-4-10-19(11-5-1)16-22(17-20-12-6-2-7-13-20)18-21-14-8-3-9-15-21;1-2-4-6-8-7-5-3-1;1-7(2,3,4,5)6;/h7-12H,1-6H3;1-15H,16-18H2;1-2,7-8H,3-6H2;;/q;;;-1;/b;;2-1-,8-7-;;. The zero-order valence-electron chi connectivity index (χ0n) is 35.8. The minimum atomic E-state index is -10.7. The second-order valence-electron chi connectivity index (χ2n) is 15.3. The van der Waals surface area contributed by atoms with Crippen molar-refractivity contribution in [2.45, 2.75) is 85.7 Å². The molecule has 1 aliphatic carbocycles. The molecule has 1 radical (unpaired) electrons. The van der Waals surface area contributed by atoms with Crippen molar-refractivity contribution in [3.8, 4) is 11.4 Å². The molecule has 5 aromatic carbocycles. The largest absolute Gasteiger partial charge is 0.0932 e. The van der Waals surface area contributed by atoms with Crippen LogP contribution in [0.25, 0.3) is 11.4 Å². The third-order valence-electron chi connectivity index (χ3n) is 9.41. The van der Waals surface area contributed by atoms with E-state index in [1.165, 1.54) is 106 Å². The van der Waals surface area contributed by atoms with Crippen LogP contribution >= 0.6 is 15.7 Å². The molecule has 1 heterocycles. The Morgan fingerprint density at radius 2 is 0.836 bits per heavy atom. The zero-order valence-corrected chi connectivity index (χ0v) is 40.0. The van der Waals surface area contributed by atoms with Crippen LogP contribution in [0.15, 0.2) is 152 Å². The Hall–Kier alpha value is -4.12. The summed E-state index contributed by atoms with van der Waals surface area (Å²) in [5, 5.41) is 0. The number of benzene rings is 5. The molecule has 0 spiro atoms. The number of halogens is 6. The van der Waals surface area contributed by atoms with E-state index in [-0.39, 0.29) is 28.0 Å².